The fourth-order valence-corrected chi connectivity index (χ4v) is 4.95. The molecule has 0 saturated carbocycles. The van der Waals surface area contributed by atoms with E-state index in [1.165, 1.54) is 18.3 Å². The molecule has 3 nitrogen and oxygen atoms in total. The van der Waals surface area contributed by atoms with Gasteiger partial charge in [-0.25, -0.2) is 0 Å². The van der Waals surface area contributed by atoms with Crippen molar-refractivity contribution in [2.24, 2.45) is 0 Å². The van der Waals surface area contributed by atoms with Crippen molar-refractivity contribution in [1.82, 2.24) is 0 Å². The quantitative estimate of drug-likeness (QED) is 0.0714. The van der Waals surface area contributed by atoms with Crippen molar-refractivity contribution in [2.75, 3.05) is 7.11 Å². The van der Waals surface area contributed by atoms with Crippen LogP contribution in [0.1, 0.15) is 78.6 Å². The molecule has 0 atom stereocenters. The Morgan fingerprint density at radius 2 is 1.58 bits per heavy atom. The number of rotatable bonds is 15. The van der Waals surface area contributed by atoms with Crippen molar-refractivity contribution in [1.29, 1.82) is 0 Å². The number of allylic oxidation sites excluding steroid dienone is 5. The molecule has 1 aromatic rings. The molecule has 1 rings (SSSR count). The number of hydrogen-bond acceptors (Lipinski definition) is 3. The number of carbonyl (C=O) groups is 2. The summed E-state index contributed by atoms with van der Waals surface area (Å²) in [5, 5.41) is 0. The van der Waals surface area contributed by atoms with Gasteiger partial charge < -0.3 is 0 Å². The minimum atomic E-state index is -0.241. The molecule has 0 spiro atoms. The van der Waals surface area contributed by atoms with Crippen LogP contribution in [-0.2, 0) is 14.3 Å². The number of hydrogen-bond donors (Lipinski definition) is 0. The van der Waals surface area contributed by atoms with Crippen LogP contribution in [0, 0.1) is 11.8 Å². The molecule has 0 aliphatic rings. The fourth-order valence-electron chi connectivity index (χ4n) is 3.27. The molecule has 0 fully saturated rings. The van der Waals surface area contributed by atoms with Crippen LogP contribution >= 0.6 is 0 Å². The molecule has 0 radical (unpaired) electrons. The van der Waals surface area contributed by atoms with Gasteiger partial charge in [0.1, 0.15) is 0 Å². The van der Waals surface area contributed by atoms with Crippen LogP contribution in [0.15, 0.2) is 65.3 Å². The van der Waals surface area contributed by atoms with Gasteiger partial charge in [0.15, 0.2) is 0 Å². The Kier molecular flexibility index (Phi) is 15.8. The van der Waals surface area contributed by atoms with Gasteiger partial charge >= 0.3 is 157 Å². The molecule has 0 aromatic heterocycles. The minimum absolute atomic E-state index is 0.0871. The number of unbranched alkanes of at least 4 members (excludes halogenated alkanes) is 1. The van der Waals surface area contributed by atoms with E-state index in [0.29, 0.717) is 17.5 Å². The standard InChI is InChI=1S/C29H38O3Se/c1-5-6-7-9-15-24(2)16-12-19-26(29(31)32-4)20-13-17-25(3)18-14-23-28(30)33-27-21-10-8-11-22-27/h8,10-11,15,17,19,21-22H,7,9,12-14,16,18,20,23H2,1-4H3/b24-15+,25-17+,26-19+. The number of methoxy groups -OCH3 is 1. The van der Waals surface area contributed by atoms with Crippen LogP contribution in [0.5, 0.6) is 0 Å². The van der Waals surface area contributed by atoms with E-state index in [-0.39, 0.29) is 20.9 Å². The van der Waals surface area contributed by atoms with Crippen LogP contribution < -0.4 is 4.46 Å². The zero-order chi connectivity index (χ0) is 24.3. The molecule has 4 heteroatoms. The Balaban J connectivity index is 2.40. The summed E-state index contributed by atoms with van der Waals surface area (Å²) in [7, 11) is 1.44. The number of benzene rings is 1. The average molecular weight is 514 g/mol. The maximum absolute atomic E-state index is 12.2. The molecule has 178 valence electrons. The number of carbonyl (C=O) groups excluding carboxylic acids is 2. The number of ether oxygens (including phenoxy) is 1. The first-order valence-electron chi connectivity index (χ1n) is 11.7. The summed E-state index contributed by atoms with van der Waals surface area (Å²) in [6.07, 6.45) is 14.0. The Bertz CT molecular complexity index is 882. The molecule has 0 aliphatic heterocycles. The summed E-state index contributed by atoms with van der Waals surface area (Å²) < 4.78 is 6.45. The average Bonchev–Trinajstić information content (AvgIpc) is 2.81. The van der Waals surface area contributed by atoms with Crippen LogP contribution in [0.4, 0.5) is 0 Å². The molecule has 0 unspecified atom stereocenters. The molecule has 0 N–H and O–H groups in total. The van der Waals surface area contributed by atoms with Crippen molar-refractivity contribution in [3.05, 3.63) is 65.3 Å². The van der Waals surface area contributed by atoms with Gasteiger partial charge in [0, 0.05) is 6.42 Å². The predicted molar refractivity (Wildman–Crippen MR) is 139 cm³/mol. The summed E-state index contributed by atoms with van der Waals surface area (Å²) in [6, 6.07) is 9.99. The Hall–Kier alpha value is -2.34. The molecule has 0 amide bonds. The third kappa shape index (κ3) is 14.4. The molecule has 1 aromatic carbocycles. The van der Waals surface area contributed by atoms with E-state index < -0.39 is 0 Å². The second-order valence-corrected chi connectivity index (χ2v) is 10.4. The normalized spacial score (nSPS) is 12.2. The van der Waals surface area contributed by atoms with Gasteiger partial charge in [0.2, 0.25) is 0 Å². The van der Waals surface area contributed by atoms with E-state index in [2.05, 4.69) is 37.8 Å². The van der Waals surface area contributed by atoms with Crippen LogP contribution in [0.2, 0.25) is 0 Å². The van der Waals surface area contributed by atoms with Crippen molar-refractivity contribution in [3.63, 3.8) is 0 Å². The maximum atomic E-state index is 12.2. The van der Waals surface area contributed by atoms with Crippen molar-refractivity contribution in [3.8, 4) is 11.8 Å². The van der Waals surface area contributed by atoms with Crippen LogP contribution in [0.3, 0.4) is 0 Å². The summed E-state index contributed by atoms with van der Waals surface area (Å²) in [5.41, 5.74) is 3.34. The second-order valence-electron chi connectivity index (χ2n) is 8.01. The fraction of sp³-hybridized carbons (Fsp3) is 0.448. The summed E-state index contributed by atoms with van der Waals surface area (Å²) in [6.45, 7) is 6.09. The topological polar surface area (TPSA) is 43.4 Å². The molecule has 0 aliphatic carbocycles. The number of esters is 1. The molecular weight excluding hydrogens is 475 g/mol. The zero-order valence-corrected chi connectivity index (χ0v) is 22.3. The van der Waals surface area contributed by atoms with E-state index in [1.807, 2.05) is 43.3 Å². The summed E-state index contributed by atoms with van der Waals surface area (Å²) >= 11 is -0.0871. The van der Waals surface area contributed by atoms with E-state index in [1.54, 1.807) is 0 Å². The summed E-state index contributed by atoms with van der Waals surface area (Å²) in [4.78, 5) is 24.3. The Morgan fingerprint density at radius 3 is 2.27 bits per heavy atom. The monoisotopic (exact) mass is 514 g/mol. The van der Waals surface area contributed by atoms with Gasteiger partial charge in [-0.15, -0.1) is 11.8 Å². The van der Waals surface area contributed by atoms with Gasteiger partial charge in [0.05, 0.1) is 0 Å². The summed E-state index contributed by atoms with van der Waals surface area (Å²) in [5.74, 6) is 5.74. The second kappa shape index (κ2) is 18.1. The van der Waals surface area contributed by atoms with Crippen LogP contribution in [0.25, 0.3) is 0 Å². The Morgan fingerprint density at radius 1 is 0.909 bits per heavy atom. The van der Waals surface area contributed by atoms with Gasteiger partial charge in [-0.1, -0.05) is 11.6 Å². The van der Waals surface area contributed by atoms with E-state index >= 15 is 0 Å². The van der Waals surface area contributed by atoms with Crippen molar-refractivity contribution < 1.29 is 14.3 Å². The third-order valence-corrected chi connectivity index (χ3v) is 7.12. The van der Waals surface area contributed by atoms with E-state index in [4.69, 9.17) is 4.74 Å². The van der Waals surface area contributed by atoms with Crippen molar-refractivity contribution in [2.45, 2.75) is 78.6 Å². The zero-order valence-electron chi connectivity index (χ0n) is 20.6. The first-order chi connectivity index (χ1) is 16.0. The van der Waals surface area contributed by atoms with E-state index in [9.17, 15) is 9.59 Å². The third-order valence-electron chi connectivity index (χ3n) is 5.15. The van der Waals surface area contributed by atoms with Gasteiger partial charge in [0.25, 0.3) is 0 Å². The molecule has 0 bridgehead atoms. The SMILES string of the molecule is CC#CCC/C=C(\C)CC/C=C(\CC/C=C(\C)CCCC(=O)[Se]c1ccccc1)C(=O)OC. The first kappa shape index (κ1) is 28.7. The van der Waals surface area contributed by atoms with Gasteiger partial charge in [-0.05, 0) is 20.3 Å². The Labute approximate surface area is 206 Å². The van der Waals surface area contributed by atoms with Gasteiger partial charge in [-0.2, -0.15) is 0 Å². The van der Waals surface area contributed by atoms with Gasteiger partial charge in [-0.3, -0.25) is 0 Å². The molecule has 0 heterocycles. The van der Waals surface area contributed by atoms with Crippen molar-refractivity contribution >= 4 is 30.1 Å². The molecular formula is C29H38O3Se. The first-order valence-corrected chi connectivity index (χ1v) is 13.4. The van der Waals surface area contributed by atoms with Crippen LogP contribution in [-0.4, -0.2) is 32.7 Å². The molecule has 33 heavy (non-hydrogen) atoms. The van der Waals surface area contributed by atoms with E-state index in [0.717, 1.165) is 55.0 Å². The predicted octanol–water partition coefficient (Wildman–Crippen LogP) is 6.07. The molecule has 0 saturated heterocycles.